The highest BCUT2D eigenvalue weighted by atomic mass is 16.5. The van der Waals surface area contributed by atoms with E-state index in [-0.39, 0.29) is 44.9 Å². The first-order valence-electron chi connectivity index (χ1n) is 14.3. The monoisotopic (exact) mass is 486 g/mol. The van der Waals surface area contributed by atoms with E-state index in [0.29, 0.717) is 11.8 Å². The Morgan fingerprint density at radius 3 is 2.31 bits per heavy atom. The van der Waals surface area contributed by atoms with Gasteiger partial charge in [-0.1, -0.05) is 46.3 Å². The average molecular weight is 487 g/mol. The van der Waals surface area contributed by atoms with E-state index in [2.05, 4.69) is 40.7 Å². The van der Waals surface area contributed by atoms with Crippen LogP contribution in [-0.2, 0) is 9.53 Å². The van der Waals surface area contributed by atoms with Gasteiger partial charge in [0, 0.05) is 5.92 Å². The minimum absolute atomic E-state index is 0.0100. The van der Waals surface area contributed by atoms with E-state index in [1.165, 1.54) is 0 Å². The first-order valence-corrected chi connectivity index (χ1v) is 14.3. The number of rotatable bonds is 2. The van der Waals surface area contributed by atoms with Gasteiger partial charge < -0.3 is 14.9 Å². The second-order valence-electron chi connectivity index (χ2n) is 15.4. The van der Waals surface area contributed by atoms with E-state index in [1.54, 1.807) is 12.7 Å². The molecular formula is C31H50O4. The highest BCUT2D eigenvalue weighted by Crippen LogP contribution is 2.75. The minimum Gasteiger partial charge on any atom is -0.469 e. The molecule has 0 saturated heterocycles. The summed E-state index contributed by atoms with van der Waals surface area (Å²) in [5, 5.41) is 22.2. The number of esters is 1. The quantitative estimate of drug-likeness (QED) is 0.355. The van der Waals surface area contributed by atoms with Crippen molar-refractivity contribution in [1.82, 2.24) is 0 Å². The summed E-state index contributed by atoms with van der Waals surface area (Å²) in [6.07, 6.45) is 11.1. The van der Waals surface area contributed by atoms with Crippen molar-refractivity contribution >= 4 is 5.97 Å². The smallest absolute Gasteiger partial charge is 0.312 e. The van der Waals surface area contributed by atoms with Crippen molar-refractivity contribution < 1.29 is 19.7 Å². The molecule has 0 spiro atoms. The number of fused-ring (bicyclic) bond motifs is 7. The summed E-state index contributed by atoms with van der Waals surface area (Å²) in [6.45, 7) is 16.0. The molecule has 198 valence electrons. The fourth-order valence-electron chi connectivity index (χ4n) is 10.9. The Bertz CT molecular complexity index is 929. The van der Waals surface area contributed by atoms with Gasteiger partial charge in [-0.05, 0) is 111 Å². The van der Waals surface area contributed by atoms with Crippen LogP contribution in [0.3, 0.4) is 0 Å². The van der Waals surface area contributed by atoms with Crippen LogP contribution in [0.25, 0.3) is 0 Å². The molecule has 0 bridgehead atoms. The Balaban J connectivity index is 1.59. The Morgan fingerprint density at radius 2 is 1.69 bits per heavy atom. The number of aliphatic hydroxyl groups excluding tert-OH is 1. The predicted molar refractivity (Wildman–Crippen MR) is 138 cm³/mol. The number of methoxy groups -OCH3 is 1. The van der Waals surface area contributed by atoms with E-state index >= 15 is 0 Å². The Kier molecular flexibility index (Phi) is 5.59. The number of hydrogen-bond donors (Lipinski definition) is 2. The summed E-state index contributed by atoms with van der Waals surface area (Å²) in [5.74, 6) is 1.04. The van der Waals surface area contributed by atoms with Gasteiger partial charge in [0.2, 0.25) is 0 Å². The van der Waals surface area contributed by atoms with Gasteiger partial charge in [0.1, 0.15) is 0 Å². The van der Waals surface area contributed by atoms with Crippen LogP contribution in [0.2, 0.25) is 0 Å². The van der Waals surface area contributed by atoms with Crippen LogP contribution >= 0.6 is 0 Å². The topological polar surface area (TPSA) is 66.8 Å². The summed E-state index contributed by atoms with van der Waals surface area (Å²) in [5.41, 5.74) is 0.740. The standard InChI is InChI=1S/C31H50O4/c1-26(2)13-15-31(25(33)35-8)16-14-29(6)19(21(31)17-26)9-10-23-28(5)18-22(32)24(27(3,4)34)20(28)11-12-30(23,29)7/h9,20-24,32,34H,10-18H2,1-8H3/t20?,21-,22-,23+,24?,28-,29+,30+,31-/m0/s1. The lowest BCUT2D eigenvalue weighted by Crippen LogP contribution is -2.62. The predicted octanol–water partition coefficient (Wildman–Crippen LogP) is 6.29. The van der Waals surface area contributed by atoms with Gasteiger partial charge in [-0.3, -0.25) is 4.79 Å². The summed E-state index contributed by atoms with van der Waals surface area (Å²) >= 11 is 0. The van der Waals surface area contributed by atoms with E-state index in [1.807, 2.05) is 13.8 Å². The molecule has 5 aliphatic carbocycles. The van der Waals surface area contributed by atoms with Crippen molar-refractivity contribution in [2.45, 2.75) is 118 Å². The third kappa shape index (κ3) is 3.27. The van der Waals surface area contributed by atoms with E-state index < -0.39 is 11.7 Å². The highest BCUT2D eigenvalue weighted by molar-refractivity contribution is 5.78. The zero-order chi connectivity index (χ0) is 25.8. The van der Waals surface area contributed by atoms with E-state index in [9.17, 15) is 15.0 Å². The number of hydrogen-bond acceptors (Lipinski definition) is 4. The molecule has 35 heavy (non-hydrogen) atoms. The van der Waals surface area contributed by atoms with Gasteiger partial charge in [-0.25, -0.2) is 0 Å². The molecule has 0 amide bonds. The van der Waals surface area contributed by atoms with Crippen molar-refractivity contribution in [3.8, 4) is 0 Å². The number of aliphatic hydroxyl groups is 2. The summed E-state index contributed by atoms with van der Waals surface area (Å²) < 4.78 is 5.47. The zero-order valence-electron chi connectivity index (χ0n) is 23.5. The molecule has 2 unspecified atom stereocenters. The zero-order valence-corrected chi connectivity index (χ0v) is 23.5. The van der Waals surface area contributed by atoms with Crippen molar-refractivity contribution in [2.75, 3.05) is 7.11 Å². The normalized spacial score (nSPS) is 50.8. The Labute approximate surface area is 213 Å². The van der Waals surface area contributed by atoms with Gasteiger partial charge in [0.05, 0.1) is 24.2 Å². The van der Waals surface area contributed by atoms with Crippen LogP contribution in [0.4, 0.5) is 0 Å². The SMILES string of the molecule is COC(=O)[C@]12CCC(C)(C)C[C@H]1C1=CC[C@@H]3[C@@]4(C)C[C@H](O)C(C(C)(C)O)C4CC[C@@]3(C)[C@]1(C)CC2. The third-order valence-electron chi connectivity index (χ3n) is 12.9. The lowest BCUT2D eigenvalue weighted by atomic mass is 9.36. The molecule has 5 rings (SSSR count). The molecule has 4 fully saturated rings. The molecule has 4 nitrogen and oxygen atoms in total. The van der Waals surface area contributed by atoms with Crippen LogP contribution < -0.4 is 0 Å². The summed E-state index contributed by atoms with van der Waals surface area (Å²) in [7, 11) is 1.57. The van der Waals surface area contributed by atoms with Crippen LogP contribution in [0, 0.1) is 50.7 Å². The molecule has 9 atom stereocenters. The summed E-state index contributed by atoms with van der Waals surface area (Å²) in [4.78, 5) is 13.3. The molecule has 0 aromatic carbocycles. The van der Waals surface area contributed by atoms with Crippen molar-refractivity contribution in [3.05, 3.63) is 11.6 Å². The molecule has 2 N–H and O–H groups in total. The molecule has 5 aliphatic rings. The lowest BCUT2D eigenvalue weighted by molar-refractivity contribution is -0.176. The molecular weight excluding hydrogens is 436 g/mol. The molecule has 4 heteroatoms. The van der Waals surface area contributed by atoms with Crippen LogP contribution in [0.15, 0.2) is 11.6 Å². The average Bonchev–Trinajstić information content (AvgIpc) is 3.03. The van der Waals surface area contributed by atoms with E-state index in [4.69, 9.17) is 4.74 Å². The Morgan fingerprint density at radius 1 is 1.03 bits per heavy atom. The number of carbonyl (C=O) groups excluding carboxylic acids is 1. The Hall–Kier alpha value is -0.870. The fraction of sp³-hybridized carbons (Fsp3) is 0.903. The second kappa shape index (κ2) is 7.59. The maximum atomic E-state index is 13.3. The number of carbonyl (C=O) groups is 1. The highest BCUT2D eigenvalue weighted by Gasteiger charge is 2.70. The maximum Gasteiger partial charge on any atom is 0.312 e. The molecule has 0 aromatic rings. The molecule has 0 heterocycles. The first-order chi connectivity index (χ1) is 16.1. The molecule has 0 radical (unpaired) electrons. The van der Waals surface area contributed by atoms with Crippen molar-refractivity contribution in [2.24, 2.45) is 50.7 Å². The lowest BCUT2D eigenvalue weighted by Gasteiger charge is -2.68. The number of ether oxygens (including phenoxy) is 1. The van der Waals surface area contributed by atoms with Gasteiger partial charge in [0.15, 0.2) is 0 Å². The van der Waals surface area contributed by atoms with Crippen LogP contribution in [0.5, 0.6) is 0 Å². The molecule has 0 aliphatic heterocycles. The maximum absolute atomic E-state index is 13.3. The van der Waals surface area contributed by atoms with Gasteiger partial charge in [0.25, 0.3) is 0 Å². The third-order valence-corrected chi connectivity index (χ3v) is 12.9. The molecule has 4 saturated carbocycles. The van der Waals surface area contributed by atoms with Crippen molar-refractivity contribution in [3.63, 3.8) is 0 Å². The first kappa shape index (κ1) is 25.8. The van der Waals surface area contributed by atoms with Crippen LogP contribution in [-0.4, -0.2) is 35.0 Å². The second-order valence-corrected chi connectivity index (χ2v) is 15.4. The van der Waals surface area contributed by atoms with Crippen molar-refractivity contribution in [1.29, 1.82) is 0 Å². The van der Waals surface area contributed by atoms with Gasteiger partial charge >= 0.3 is 5.97 Å². The fourth-order valence-corrected chi connectivity index (χ4v) is 10.9. The minimum atomic E-state index is -0.867. The van der Waals surface area contributed by atoms with Gasteiger partial charge in [-0.15, -0.1) is 0 Å². The number of allylic oxidation sites excluding steroid dienone is 2. The summed E-state index contributed by atoms with van der Waals surface area (Å²) in [6, 6.07) is 0. The largest absolute Gasteiger partial charge is 0.469 e. The molecule has 0 aromatic heterocycles. The van der Waals surface area contributed by atoms with Crippen LogP contribution in [0.1, 0.15) is 106 Å². The van der Waals surface area contributed by atoms with E-state index in [0.717, 1.165) is 57.8 Å². The van der Waals surface area contributed by atoms with Gasteiger partial charge in [-0.2, -0.15) is 0 Å².